The molecule has 4 nitrogen and oxygen atoms in total. The highest BCUT2D eigenvalue weighted by Crippen LogP contribution is 2.21. The summed E-state index contributed by atoms with van der Waals surface area (Å²) in [6.07, 6.45) is 4.27. The number of anilines is 1. The molecule has 2 rings (SSSR count). The number of rotatable bonds is 4. The zero-order chi connectivity index (χ0) is 13.0. The van der Waals surface area contributed by atoms with Gasteiger partial charge in [-0.25, -0.2) is 4.98 Å². The van der Waals surface area contributed by atoms with Crippen LogP contribution < -0.4 is 4.90 Å². The van der Waals surface area contributed by atoms with E-state index in [4.69, 9.17) is 5.26 Å². The quantitative estimate of drug-likeness (QED) is 0.811. The lowest BCUT2D eigenvalue weighted by Crippen LogP contribution is -2.39. The number of pyridine rings is 1. The minimum Gasteiger partial charge on any atom is -0.357 e. The van der Waals surface area contributed by atoms with Gasteiger partial charge in [0.25, 0.3) is 0 Å². The maximum Gasteiger partial charge on any atom is 0.146 e. The molecule has 1 atom stereocenters. The van der Waals surface area contributed by atoms with Gasteiger partial charge in [-0.15, -0.1) is 0 Å². The van der Waals surface area contributed by atoms with Crippen LogP contribution in [0.4, 0.5) is 5.82 Å². The van der Waals surface area contributed by atoms with Gasteiger partial charge in [-0.05, 0) is 38.1 Å². The van der Waals surface area contributed by atoms with Crippen molar-refractivity contribution in [3.05, 3.63) is 23.9 Å². The van der Waals surface area contributed by atoms with Gasteiger partial charge in [0.05, 0.1) is 5.56 Å². The third-order valence-electron chi connectivity index (χ3n) is 3.66. The van der Waals surface area contributed by atoms with Crippen molar-refractivity contribution in [3.8, 4) is 6.07 Å². The molecular weight excluding hydrogens is 224 g/mol. The molecule has 2 heterocycles. The summed E-state index contributed by atoms with van der Waals surface area (Å²) in [4.78, 5) is 8.94. The third kappa shape index (κ3) is 2.62. The fraction of sp³-hybridized carbons (Fsp3) is 0.571. The molecular formula is C14H20N4. The summed E-state index contributed by atoms with van der Waals surface area (Å²) in [5, 5.41) is 9.10. The average Bonchev–Trinajstić information content (AvgIpc) is 2.85. The average molecular weight is 244 g/mol. The van der Waals surface area contributed by atoms with Gasteiger partial charge in [-0.1, -0.05) is 6.92 Å². The first-order chi connectivity index (χ1) is 8.76. The minimum atomic E-state index is 0.591. The molecule has 1 aromatic heterocycles. The van der Waals surface area contributed by atoms with E-state index in [0.29, 0.717) is 11.6 Å². The lowest BCUT2D eigenvalue weighted by molar-refractivity contribution is 0.270. The third-order valence-corrected chi connectivity index (χ3v) is 3.66. The van der Waals surface area contributed by atoms with Crippen LogP contribution >= 0.6 is 0 Å². The van der Waals surface area contributed by atoms with E-state index in [9.17, 15) is 0 Å². The van der Waals surface area contributed by atoms with E-state index < -0.39 is 0 Å². The second-order valence-electron chi connectivity index (χ2n) is 4.79. The first-order valence-electron chi connectivity index (χ1n) is 6.56. The van der Waals surface area contributed by atoms with E-state index in [0.717, 1.165) is 18.9 Å². The van der Waals surface area contributed by atoms with E-state index in [1.165, 1.54) is 19.4 Å². The molecule has 18 heavy (non-hydrogen) atoms. The Morgan fingerprint density at radius 2 is 2.44 bits per heavy atom. The summed E-state index contributed by atoms with van der Waals surface area (Å²) in [6.45, 7) is 5.45. The summed E-state index contributed by atoms with van der Waals surface area (Å²) in [5.41, 5.74) is 0.654. The van der Waals surface area contributed by atoms with Crippen LogP contribution in [0.15, 0.2) is 18.3 Å². The van der Waals surface area contributed by atoms with Gasteiger partial charge in [0, 0.05) is 25.8 Å². The topological polar surface area (TPSA) is 43.2 Å². The van der Waals surface area contributed by atoms with Crippen LogP contribution in [0, 0.1) is 11.3 Å². The predicted octanol–water partition coefficient (Wildman–Crippen LogP) is 1.87. The minimum absolute atomic E-state index is 0.591. The molecule has 1 aliphatic rings. The maximum absolute atomic E-state index is 9.10. The largest absolute Gasteiger partial charge is 0.357 e. The molecule has 0 N–H and O–H groups in total. The van der Waals surface area contributed by atoms with Gasteiger partial charge in [-0.3, -0.25) is 4.90 Å². The fourth-order valence-electron chi connectivity index (χ4n) is 2.71. The Bertz CT molecular complexity index is 438. The van der Waals surface area contributed by atoms with E-state index in [-0.39, 0.29) is 0 Å². The highest BCUT2D eigenvalue weighted by molar-refractivity contribution is 5.52. The van der Waals surface area contributed by atoms with Gasteiger partial charge in [0.1, 0.15) is 11.9 Å². The van der Waals surface area contributed by atoms with Crippen molar-refractivity contribution in [2.24, 2.45) is 0 Å². The van der Waals surface area contributed by atoms with E-state index in [1.54, 1.807) is 6.20 Å². The zero-order valence-corrected chi connectivity index (χ0v) is 11.1. The lowest BCUT2D eigenvalue weighted by Gasteiger charge is -2.28. The van der Waals surface area contributed by atoms with Crippen molar-refractivity contribution in [1.29, 1.82) is 5.26 Å². The molecule has 0 aliphatic carbocycles. The highest BCUT2D eigenvalue weighted by Gasteiger charge is 2.24. The number of nitriles is 1. The van der Waals surface area contributed by atoms with Crippen molar-refractivity contribution in [2.75, 3.05) is 31.6 Å². The Balaban J connectivity index is 2.08. The Labute approximate surface area is 109 Å². The van der Waals surface area contributed by atoms with Crippen molar-refractivity contribution in [3.63, 3.8) is 0 Å². The molecule has 0 bridgehead atoms. The number of hydrogen-bond acceptors (Lipinski definition) is 4. The van der Waals surface area contributed by atoms with Crippen molar-refractivity contribution in [2.45, 2.75) is 25.8 Å². The number of hydrogen-bond donors (Lipinski definition) is 0. The molecule has 1 saturated heterocycles. The van der Waals surface area contributed by atoms with Crippen LogP contribution in [0.1, 0.15) is 25.3 Å². The Morgan fingerprint density at radius 1 is 1.61 bits per heavy atom. The van der Waals surface area contributed by atoms with Crippen LogP contribution in [0.3, 0.4) is 0 Å². The molecule has 96 valence electrons. The number of likely N-dealkylation sites (N-methyl/N-ethyl adjacent to an activating group) is 2. The first-order valence-corrected chi connectivity index (χ1v) is 6.56. The monoisotopic (exact) mass is 244 g/mol. The van der Waals surface area contributed by atoms with Crippen LogP contribution in [-0.4, -0.2) is 42.6 Å². The molecule has 4 heteroatoms. The number of nitrogens with zero attached hydrogens (tertiary/aromatic N) is 4. The molecule has 0 amide bonds. The van der Waals surface area contributed by atoms with Crippen LogP contribution in [0.5, 0.6) is 0 Å². The van der Waals surface area contributed by atoms with Crippen LogP contribution in [-0.2, 0) is 0 Å². The molecule has 1 fully saturated rings. The Hall–Kier alpha value is -1.60. The van der Waals surface area contributed by atoms with Crippen LogP contribution in [0.2, 0.25) is 0 Å². The van der Waals surface area contributed by atoms with Crippen molar-refractivity contribution >= 4 is 5.82 Å². The molecule has 1 aromatic rings. The maximum atomic E-state index is 9.10. The number of aromatic nitrogens is 1. The van der Waals surface area contributed by atoms with Gasteiger partial charge in [0.15, 0.2) is 0 Å². The lowest BCUT2D eigenvalue weighted by atomic mass is 10.2. The number of likely N-dealkylation sites (tertiary alicyclic amines) is 1. The second kappa shape index (κ2) is 5.83. The SMILES string of the molecule is CCN1CCCC1CN(C)c1ncccc1C#N. The van der Waals surface area contributed by atoms with Gasteiger partial charge < -0.3 is 4.90 Å². The van der Waals surface area contributed by atoms with Gasteiger partial charge >= 0.3 is 0 Å². The molecule has 0 aromatic carbocycles. The first kappa shape index (κ1) is 12.8. The summed E-state index contributed by atoms with van der Waals surface area (Å²) in [6, 6.07) is 6.43. The smallest absolute Gasteiger partial charge is 0.146 e. The molecule has 1 aliphatic heterocycles. The second-order valence-corrected chi connectivity index (χ2v) is 4.79. The van der Waals surface area contributed by atoms with Crippen molar-refractivity contribution < 1.29 is 0 Å². The summed E-state index contributed by atoms with van der Waals surface area (Å²) >= 11 is 0. The van der Waals surface area contributed by atoms with Gasteiger partial charge in [-0.2, -0.15) is 5.26 Å². The summed E-state index contributed by atoms with van der Waals surface area (Å²) in [7, 11) is 2.02. The van der Waals surface area contributed by atoms with Crippen molar-refractivity contribution in [1.82, 2.24) is 9.88 Å². The molecule has 1 unspecified atom stereocenters. The van der Waals surface area contributed by atoms with E-state index in [1.807, 2.05) is 19.2 Å². The summed E-state index contributed by atoms with van der Waals surface area (Å²) in [5.74, 6) is 0.794. The predicted molar refractivity (Wildman–Crippen MR) is 72.5 cm³/mol. The fourth-order valence-corrected chi connectivity index (χ4v) is 2.71. The molecule has 0 spiro atoms. The normalized spacial score (nSPS) is 19.7. The zero-order valence-electron chi connectivity index (χ0n) is 11.1. The van der Waals surface area contributed by atoms with E-state index in [2.05, 4.69) is 27.8 Å². The Morgan fingerprint density at radius 3 is 3.17 bits per heavy atom. The van der Waals surface area contributed by atoms with E-state index >= 15 is 0 Å². The highest BCUT2D eigenvalue weighted by atomic mass is 15.2. The van der Waals surface area contributed by atoms with Gasteiger partial charge in [0.2, 0.25) is 0 Å². The Kier molecular flexibility index (Phi) is 4.16. The molecule has 0 radical (unpaired) electrons. The molecule has 0 saturated carbocycles. The standard InChI is InChI=1S/C14H20N4/c1-3-18-9-5-7-13(18)11-17(2)14-12(10-15)6-4-8-16-14/h4,6,8,13H,3,5,7,9,11H2,1-2H3. The summed E-state index contributed by atoms with van der Waals surface area (Å²) < 4.78 is 0. The van der Waals surface area contributed by atoms with Crippen LogP contribution in [0.25, 0.3) is 0 Å².